The van der Waals surface area contributed by atoms with Crippen LogP contribution in [0.5, 0.6) is 0 Å². The van der Waals surface area contributed by atoms with Crippen LogP contribution in [-0.4, -0.2) is 38.9 Å². The Bertz CT molecular complexity index is 911. The molecule has 1 fully saturated rings. The summed E-state index contributed by atoms with van der Waals surface area (Å²) in [7, 11) is 0. The van der Waals surface area contributed by atoms with Gasteiger partial charge in [0.25, 0.3) is 0 Å². The van der Waals surface area contributed by atoms with E-state index >= 15 is 0 Å². The highest BCUT2D eigenvalue weighted by molar-refractivity contribution is 6.33. The van der Waals surface area contributed by atoms with Gasteiger partial charge in [0.1, 0.15) is 11.8 Å². The monoisotopic (exact) mass is 356 g/mol. The predicted octanol–water partition coefficient (Wildman–Crippen LogP) is 2.86. The van der Waals surface area contributed by atoms with Crippen LogP contribution >= 0.6 is 11.6 Å². The van der Waals surface area contributed by atoms with Crippen molar-refractivity contribution >= 4 is 40.2 Å². The highest BCUT2D eigenvalue weighted by Gasteiger charge is 2.28. The summed E-state index contributed by atoms with van der Waals surface area (Å²) >= 11 is 6.13. The fourth-order valence-electron chi connectivity index (χ4n) is 3.17. The first kappa shape index (κ1) is 15.8. The van der Waals surface area contributed by atoms with Crippen molar-refractivity contribution in [2.45, 2.75) is 12.8 Å². The molecule has 0 bridgehead atoms. The van der Waals surface area contributed by atoms with Crippen molar-refractivity contribution < 1.29 is 4.79 Å². The zero-order valence-electron chi connectivity index (χ0n) is 13.4. The quantitative estimate of drug-likeness (QED) is 0.753. The van der Waals surface area contributed by atoms with E-state index in [1.807, 2.05) is 12.1 Å². The van der Waals surface area contributed by atoms with Gasteiger partial charge in [0.05, 0.1) is 23.0 Å². The molecule has 1 aliphatic rings. The average Bonchev–Trinajstić information content (AvgIpc) is 3.12. The molecule has 7 nitrogen and oxygen atoms in total. The molecule has 0 radical (unpaired) electrons. The number of hydrogen-bond acceptors (Lipinski definition) is 5. The molecule has 3 heterocycles. The van der Waals surface area contributed by atoms with Crippen LogP contribution in [0, 0.1) is 5.92 Å². The molecular formula is C17H17ClN6O. The van der Waals surface area contributed by atoms with Crippen LogP contribution in [0.15, 0.2) is 36.9 Å². The minimum Gasteiger partial charge on any atom is -0.354 e. The molecule has 0 spiro atoms. The van der Waals surface area contributed by atoms with Crippen LogP contribution in [0.2, 0.25) is 5.02 Å². The number of nitrogens with zero attached hydrogens (tertiary/aromatic N) is 4. The summed E-state index contributed by atoms with van der Waals surface area (Å²) in [6.07, 6.45) is 4.87. The minimum atomic E-state index is -0.127. The maximum absolute atomic E-state index is 12.7. The van der Waals surface area contributed by atoms with Crippen LogP contribution in [0.25, 0.3) is 11.2 Å². The number of aromatic nitrogens is 4. The molecule has 1 aromatic carbocycles. The Labute approximate surface area is 149 Å². The Kier molecular flexibility index (Phi) is 4.23. The molecule has 1 saturated heterocycles. The van der Waals surface area contributed by atoms with Gasteiger partial charge < -0.3 is 15.2 Å². The maximum Gasteiger partial charge on any atom is 0.229 e. The van der Waals surface area contributed by atoms with E-state index in [0.717, 1.165) is 30.7 Å². The molecular weight excluding hydrogens is 340 g/mol. The summed E-state index contributed by atoms with van der Waals surface area (Å²) < 4.78 is 0. The molecule has 0 unspecified atom stereocenters. The van der Waals surface area contributed by atoms with Crippen LogP contribution < -0.4 is 10.2 Å². The number of amides is 1. The fourth-order valence-corrected chi connectivity index (χ4v) is 3.36. The molecule has 0 aliphatic carbocycles. The van der Waals surface area contributed by atoms with Crippen molar-refractivity contribution in [1.29, 1.82) is 0 Å². The summed E-state index contributed by atoms with van der Waals surface area (Å²) in [4.78, 5) is 30.5. The van der Waals surface area contributed by atoms with Crippen molar-refractivity contribution in [2.24, 2.45) is 5.92 Å². The van der Waals surface area contributed by atoms with E-state index in [4.69, 9.17) is 11.6 Å². The third kappa shape index (κ3) is 3.15. The molecule has 128 valence electrons. The normalized spacial score (nSPS) is 17.6. The van der Waals surface area contributed by atoms with Gasteiger partial charge in [0.2, 0.25) is 5.91 Å². The summed E-state index contributed by atoms with van der Waals surface area (Å²) in [6.45, 7) is 1.45. The highest BCUT2D eigenvalue weighted by atomic mass is 35.5. The van der Waals surface area contributed by atoms with Gasteiger partial charge in [-0.1, -0.05) is 23.7 Å². The van der Waals surface area contributed by atoms with Gasteiger partial charge in [-0.25, -0.2) is 15.0 Å². The molecule has 1 aliphatic heterocycles. The lowest BCUT2D eigenvalue weighted by Crippen LogP contribution is -2.41. The van der Waals surface area contributed by atoms with E-state index in [2.05, 4.69) is 30.2 Å². The standard InChI is InChI=1S/C17H17ClN6O/c18-12-5-1-2-6-13(12)23-17(25)11-4-3-7-24(8-11)16-14-15(20-9-19-14)21-10-22-16/h1-2,5-6,9-11H,3-4,7-8H2,(H,23,25)(H,19,20,21,22)/t11-/m1/s1. The molecule has 25 heavy (non-hydrogen) atoms. The predicted molar refractivity (Wildman–Crippen MR) is 96.7 cm³/mol. The average molecular weight is 357 g/mol. The maximum atomic E-state index is 12.7. The Morgan fingerprint density at radius 2 is 2.16 bits per heavy atom. The highest BCUT2D eigenvalue weighted by Crippen LogP contribution is 2.27. The van der Waals surface area contributed by atoms with Crippen molar-refractivity contribution in [3.05, 3.63) is 41.9 Å². The second-order valence-electron chi connectivity index (χ2n) is 6.05. The van der Waals surface area contributed by atoms with Gasteiger partial charge in [-0.05, 0) is 25.0 Å². The first-order chi connectivity index (χ1) is 12.2. The number of carbonyl (C=O) groups is 1. The van der Waals surface area contributed by atoms with Crippen molar-refractivity contribution in [3.63, 3.8) is 0 Å². The van der Waals surface area contributed by atoms with Crippen molar-refractivity contribution in [1.82, 2.24) is 19.9 Å². The summed E-state index contributed by atoms with van der Waals surface area (Å²) in [5, 5.41) is 3.47. The number of carbonyl (C=O) groups excluding carboxylic acids is 1. The topological polar surface area (TPSA) is 86.8 Å². The third-order valence-electron chi connectivity index (χ3n) is 4.43. The Hall–Kier alpha value is -2.67. The SMILES string of the molecule is O=C(Nc1ccccc1Cl)[C@@H]1CCCN(c2ncnc3nc[nH]c23)C1. The molecule has 3 aromatic rings. The van der Waals surface area contributed by atoms with Gasteiger partial charge in [-0.2, -0.15) is 0 Å². The first-order valence-electron chi connectivity index (χ1n) is 8.17. The number of H-pyrrole nitrogens is 1. The van der Waals surface area contributed by atoms with E-state index in [1.54, 1.807) is 18.5 Å². The number of anilines is 2. The third-order valence-corrected chi connectivity index (χ3v) is 4.76. The number of piperidine rings is 1. The van der Waals surface area contributed by atoms with Crippen LogP contribution in [0.1, 0.15) is 12.8 Å². The summed E-state index contributed by atoms with van der Waals surface area (Å²) in [5.41, 5.74) is 2.08. The number of hydrogen-bond donors (Lipinski definition) is 2. The molecule has 1 atom stereocenters. The van der Waals surface area contributed by atoms with E-state index in [9.17, 15) is 4.79 Å². The number of aromatic amines is 1. The second-order valence-corrected chi connectivity index (χ2v) is 6.46. The molecule has 8 heteroatoms. The van der Waals surface area contributed by atoms with E-state index in [0.29, 0.717) is 22.9 Å². The van der Waals surface area contributed by atoms with E-state index in [1.165, 1.54) is 6.33 Å². The van der Waals surface area contributed by atoms with Gasteiger partial charge in [0, 0.05) is 13.1 Å². The lowest BCUT2D eigenvalue weighted by Gasteiger charge is -2.32. The zero-order valence-corrected chi connectivity index (χ0v) is 14.2. The van der Waals surface area contributed by atoms with Crippen molar-refractivity contribution in [2.75, 3.05) is 23.3 Å². The fraction of sp³-hybridized carbons (Fsp3) is 0.294. The molecule has 1 amide bonds. The number of nitrogens with one attached hydrogen (secondary N) is 2. The number of benzene rings is 1. The lowest BCUT2D eigenvalue weighted by molar-refractivity contribution is -0.120. The lowest BCUT2D eigenvalue weighted by atomic mass is 9.97. The van der Waals surface area contributed by atoms with Gasteiger partial charge in [-0.15, -0.1) is 0 Å². The number of para-hydroxylation sites is 1. The van der Waals surface area contributed by atoms with Gasteiger partial charge >= 0.3 is 0 Å². The second kappa shape index (κ2) is 6.68. The van der Waals surface area contributed by atoms with Gasteiger partial charge in [-0.3, -0.25) is 4.79 Å². The largest absolute Gasteiger partial charge is 0.354 e. The van der Waals surface area contributed by atoms with Crippen LogP contribution in [0.4, 0.5) is 11.5 Å². The number of halogens is 1. The molecule has 4 rings (SSSR count). The Morgan fingerprint density at radius 3 is 3.04 bits per heavy atom. The Morgan fingerprint density at radius 1 is 1.28 bits per heavy atom. The molecule has 0 saturated carbocycles. The van der Waals surface area contributed by atoms with Crippen LogP contribution in [-0.2, 0) is 4.79 Å². The smallest absolute Gasteiger partial charge is 0.229 e. The van der Waals surface area contributed by atoms with E-state index in [-0.39, 0.29) is 11.8 Å². The number of fused-ring (bicyclic) bond motifs is 1. The Balaban J connectivity index is 1.52. The van der Waals surface area contributed by atoms with Gasteiger partial charge in [0.15, 0.2) is 11.5 Å². The molecule has 2 N–H and O–H groups in total. The number of rotatable bonds is 3. The van der Waals surface area contributed by atoms with Crippen LogP contribution in [0.3, 0.4) is 0 Å². The summed E-state index contributed by atoms with van der Waals surface area (Å²) in [5.74, 6) is 0.642. The molecule has 2 aromatic heterocycles. The summed E-state index contributed by atoms with van der Waals surface area (Å²) in [6, 6.07) is 7.26. The zero-order chi connectivity index (χ0) is 17.2. The first-order valence-corrected chi connectivity index (χ1v) is 8.54. The number of imidazole rings is 1. The van der Waals surface area contributed by atoms with E-state index < -0.39 is 0 Å². The minimum absolute atomic E-state index is 0.0206. The van der Waals surface area contributed by atoms with Crippen molar-refractivity contribution in [3.8, 4) is 0 Å².